The second kappa shape index (κ2) is 12.2. The van der Waals surface area contributed by atoms with Crippen molar-refractivity contribution in [2.45, 2.75) is 63.1 Å². The third-order valence-electron chi connectivity index (χ3n) is 5.49. The van der Waals surface area contributed by atoms with Crippen LogP contribution in [0.4, 0.5) is 13.2 Å². The Morgan fingerprint density at radius 2 is 1.94 bits per heavy atom. The normalized spacial score (nSPS) is 20.7. The Labute approximate surface area is 192 Å². The fourth-order valence-electron chi connectivity index (χ4n) is 3.88. The molecule has 0 radical (unpaired) electrons. The van der Waals surface area contributed by atoms with Gasteiger partial charge in [-0.05, 0) is 57.1 Å². The molecule has 13 heteroatoms. The standard InChI is InChI=1S/C18H27BF3N3O4.2ClH/c1-11-8-13(18(20,21)22)10-15(25-11)14-9-12(4-7-24-14)17(23,16(26)27)5-2-3-6-19(28)29;;/h8,10,12,14,24,28-29H,2-7,9,23H2,1H3,(H,26,27);2*1H. The number of pyridine rings is 1. The maximum Gasteiger partial charge on any atom is 0.451 e. The predicted octanol–water partition coefficient (Wildman–Crippen LogP) is 2.72. The molecule has 0 saturated carbocycles. The molecule has 0 aliphatic carbocycles. The summed E-state index contributed by atoms with van der Waals surface area (Å²) in [4.78, 5) is 16.1. The highest BCUT2D eigenvalue weighted by Gasteiger charge is 2.44. The number of aromatic nitrogens is 1. The van der Waals surface area contributed by atoms with Gasteiger partial charge in [0.05, 0.1) is 11.3 Å². The van der Waals surface area contributed by atoms with E-state index in [-0.39, 0.29) is 55.4 Å². The fraction of sp³-hybridized carbons (Fsp3) is 0.667. The molecule has 2 heterocycles. The number of hydrogen-bond acceptors (Lipinski definition) is 6. The molecule has 0 spiro atoms. The van der Waals surface area contributed by atoms with Gasteiger partial charge in [-0.15, -0.1) is 24.8 Å². The topological polar surface area (TPSA) is 129 Å². The molecule has 3 atom stereocenters. The number of unbranched alkanes of at least 4 members (excludes halogenated alkanes) is 1. The molecule has 6 N–H and O–H groups in total. The van der Waals surface area contributed by atoms with Gasteiger partial charge in [0, 0.05) is 11.7 Å². The summed E-state index contributed by atoms with van der Waals surface area (Å²) in [6, 6.07) is 1.44. The Morgan fingerprint density at radius 1 is 1.29 bits per heavy atom. The summed E-state index contributed by atoms with van der Waals surface area (Å²) in [5.74, 6) is -1.62. The van der Waals surface area contributed by atoms with E-state index in [1.165, 1.54) is 6.92 Å². The number of carbonyl (C=O) groups is 1. The van der Waals surface area contributed by atoms with Crippen molar-refractivity contribution in [3.05, 3.63) is 29.1 Å². The molecule has 1 aliphatic rings. The van der Waals surface area contributed by atoms with Crippen molar-refractivity contribution >= 4 is 37.9 Å². The van der Waals surface area contributed by atoms with Crippen molar-refractivity contribution in [3.8, 4) is 0 Å². The number of nitrogens with two attached hydrogens (primary N) is 1. The summed E-state index contributed by atoms with van der Waals surface area (Å²) < 4.78 is 39.4. The van der Waals surface area contributed by atoms with E-state index in [2.05, 4.69) is 10.3 Å². The number of carboxylic acids is 1. The number of hydrogen-bond donors (Lipinski definition) is 5. The molecule has 1 saturated heterocycles. The molecular weight excluding hydrogens is 461 g/mol. The van der Waals surface area contributed by atoms with Crippen molar-refractivity contribution in [3.63, 3.8) is 0 Å². The molecule has 2 rings (SSSR count). The molecule has 7 nitrogen and oxygen atoms in total. The largest absolute Gasteiger partial charge is 0.480 e. The van der Waals surface area contributed by atoms with E-state index in [0.717, 1.165) is 12.1 Å². The van der Waals surface area contributed by atoms with Crippen molar-refractivity contribution in [1.29, 1.82) is 0 Å². The highest BCUT2D eigenvalue weighted by molar-refractivity contribution is 6.40. The van der Waals surface area contributed by atoms with Crippen LogP contribution in [0.3, 0.4) is 0 Å². The van der Waals surface area contributed by atoms with Crippen LogP contribution in [-0.4, -0.2) is 45.3 Å². The van der Waals surface area contributed by atoms with E-state index >= 15 is 0 Å². The molecule has 1 aliphatic heterocycles. The lowest BCUT2D eigenvalue weighted by molar-refractivity contribution is -0.146. The molecule has 0 aromatic carbocycles. The van der Waals surface area contributed by atoms with E-state index in [9.17, 15) is 23.1 Å². The molecule has 0 amide bonds. The van der Waals surface area contributed by atoms with Crippen LogP contribution in [0.25, 0.3) is 0 Å². The summed E-state index contributed by atoms with van der Waals surface area (Å²) in [5.41, 5.74) is 4.37. The number of piperidine rings is 1. The average molecular weight is 490 g/mol. The molecule has 31 heavy (non-hydrogen) atoms. The first kappa shape index (κ1) is 29.9. The maximum absolute atomic E-state index is 13.1. The third kappa shape index (κ3) is 8.07. The first-order valence-electron chi connectivity index (χ1n) is 9.61. The number of alkyl halides is 3. The summed E-state index contributed by atoms with van der Waals surface area (Å²) in [5, 5.41) is 30.7. The number of aliphatic carboxylic acids is 1. The minimum Gasteiger partial charge on any atom is -0.480 e. The van der Waals surface area contributed by atoms with Crippen LogP contribution in [0.1, 0.15) is 55.1 Å². The molecule has 0 bridgehead atoms. The molecular formula is C18H29BCl2F3N3O4. The minimum atomic E-state index is -4.49. The lowest BCUT2D eigenvalue weighted by atomic mass is 9.72. The Morgan fingerprint density at radius 3 is 2.48 bits per heavy atom. The van der Waals surface area contributed by atoms with Gasteiger partial charge in [0.1, 0.15) is 5.54 Å². The number of nitrogens with one attached hydrogen (secondary N) is 1. The zero-order chi connectivity index (χ0) is 21.8. The zero-order valence-electron chi connectivity index (χ0n) is 17.1. The maximum atomic E-state index is 13.1. The van der Waals surface area contributed by atoms with Crippen LogP contribution in [0, 0.1) is 12.8 Å². The minimum absolute atomic E-state index is 0. The van der Waals surface area contributed by atoms with E-state index < -0.39 is 42.3 Å². The highest BCUT2D eigenvalue weighted by Crippen LogP contribution is 2.37. The van der Waals surface area contributed by atoms with Crippen LogP contribution in [0.5, 0.6) is 0 Å². The quantitative estimate of drug-likeness (QED) is 0.280. The van der Waals surface area contributed by atoms with E-state index in [1.807, 2.05) is 0 Å². The number of rotatable bonds is 8. The highest BCUT2D eigenvalue weighted by atomic mass is 35.5. The lowest BCUT2D eigenvalue weighted by Gasteiger charge is -2.39. The van der Waals surface area contributed by atoms with E-state index in [1.54, 1.807) is 0 Å². The Hall–Kier alpha value is -1.11. The Bertz CT molecular complexity index is 731. The average Bonchev–Trinajstić information content (AvgIpc) is 2.63. The van der Waals surface area contributed by atoms with Gasteiger partial charge < -0.3 is 26.2 Å². The van der Waals surface area contributed by atoms with E-state index in [0.29, 0.717) is 25.8 Å². The Kier molecular flexibility index (Phi) is 11.8. The summed E-state index contributed by atoms with van der Waals surface area (Å²) >= 11 is 0. The van der Waals surface area contributed by atoms with Gasteiger partial charge in [-0.3, -0.25) is 9.78 Å². The van der Waals surface area contributed by atoms with Crippen LogP contribution in [0.2, 0.25) is 6.32 Å². The first-order chi connectivity index (χ1) is 13.4. The summed E-state index contributed by atoms with van der Waals surface area (Å²) in [6.45, 7) is 1.90. The zero-order valence-corrected chi connectivity index (χ0v) is 18.7. The van der Waals surface area contributed by atoms with Crippen LogP contribution in [0.15, 0.2) is 12.1 Å². The van der Waals surface area contributed by atoms with Gasteiger partial charge >= 0.3 is 19.3 Å². The lowest BCUT2D eigenvalue weighted by Crippen LogP contribution is -2.57. The smallest absolute Gasteiger partial charge is 0.451 e. The fourth-order valence-corrected chi connectivity index (χ4v) is 3.88. The number of carboxylic acid groups (broad SMARTS) is 1. The van der Waals surface area contributed by atoms with Crippen LogP contribution < -0.4 is 11.1 Å². The number of nitrogens with zero attached hydrogens (tertiary/aromatic N) is 1. The van der Waals surface area contributed by atoms with Gasteiger partial charge in [0.25, 0.3) is 0 Å². The molecule has 3 unspecified atom stereocenters. The summed E-state index contributed by atoms with van der Waals surface area (Å²) in [6.07, 6.45) is -2.70. The SMILES string of the molecule is Cc1cc(C(F)(F)F)cc(C2CC(C(N)(CCCCB(O)O)C(=O)O)CCN2)n1.Cl.Cl. The summed E-state index contributed by atoms with van der Waals surface area (Å²) in [7, 11) is -1.45. The number of halogens is 5. The van der Waals surface area contributed by atoms with E-state index in [4.69, 9.17) is 15.8 Å². The van der Waals surface area contributed by atoms with Crippen molar-refractivity contribution < 1.29 is 33.1 Å². The van der Waals surface area contributed by atoms with Gasteiger partial charge in [-0.2, -0.15) is 13.2 Å². The van der Waals surface area contributed by atoms with Crippen LogP contribution >= 0.6 is 24.8 Å². The number of aryl methyl sites for hydroxylation is 1. The molecule has 178 valence electrons. The van der Waals surface area contributed by atoms with Gasteiger partial charge in [-0.1, -0.05) is 12.8 Å². The van der Waals surface area contributed by atoms with Gasteiger partial charge in [-0.25, -0.2) is 0 Å². The monoisotopic (exact) mass is 489 g/mol. The van der Waals surface area contributed by atoms with Gasteiger partial charge in [0.2, 0.25) is 0 Å². The molecule has 1 aromatic heterocycles. The van der Waals surface area contributed by atoms with Crippen molar-refractivity contribution in [2.75, 3.05) is 6.54 Å². The van der Waals surface area contributed by atoms with Gasteiger partial charge in [0.15, 0.2) is 0 Å². The molecule has 1 aromatic rings. The van der Waals surface area contributed by atoms with Crippen molar-refractivity contribution in [2.24, 2.45) is 11.7 Å². The third-order valence-corrected chi connectivity index (χ3v) is 5.49. The first-order valence-corrected chi connectivity index (χ1v) is 9.61. The van der Waals surface area contributed by atoms with Crippen molar-refractivity contribution in [1.82, 2.24) is 10.3 Å². The molecule has 1 fully saturated rings. The second-order valence-corrected chi connectivity index (χ2v) is 7.72. The second-order valence-electron chi connectivity index (χ2n) is 7.72. The van der Waals surface area contributed by atoms with Crippen LogP contribution in [-0.2, 0) is 11.0 Å². The Balaban J connectivity index is 0.00000450. The predicted molar refractivity (Wildman–Crippen MR) is 115 cm³/mol.